The van der Waals surface area contributed by atoms with Crippen LogP contribution in [0.4, 0.5) is 11.4 Å². The molecule has 0 aromatic heterocycles. The van der Waals surface area contributed by atoms with Crippen molar-refractivity contribution in [3.8, 4) is 11.5 Å². The summed E-state index contributed by atoms with van der Waals surface area (Å²) >= 11 is 0. The van der Waals surface area contributed by atoms with Crippen LogP contribution in [0.1, 0.15) is 32.3 Å². The van der Waals surface area contributed by atoms with Crippen molar-refractivity contribution in [2.45, 2.75) is 39.2 Å². The van der Waals surface area contributed by atoms with Crippen LogP contribution in [0.25, 0.3) is 0 Å². The highest BCUT2D eigenvalue weighted by molar-refractivity contribution is 5.94. The third-order valence-corrected chi connectivity index (χ3v) is 5.07. The molecule has 0 spiro atoms. The highest BCUT2D eigenvalue weighted by Gasteiger charge is 2.08. The van der Waals surface area contributed by atoms with Gasteiger partial charge in [-0.25, -0.2) is 0 Å². The van der Waals surface area contributed by atoms with Gasteiger partial charge in [-0.3, -0.25) is 4.79 Å². The number of nitrogens with one attached hydrogen (secondary N) is 2. The Morgan fingerprint density at radius 1 is 0.969 bits per heavy atom. The molecule has 0 aliphatic rings. The smallest absolute Gasteiger partial charge is 0.243 e. The zero-order chi connectivity index (χ0) is 22.6. The molecule has 0 saturated heterocycles. The Morgan fingerprint density at radius 2 is 1.75 bits per heavy atom. The molecule has 3 rings (SSSR count). The lowest BCUT2D eigenvalue weighted by atomic mass is 10.1. The second-order valence-corrected chi connectivity index (χ2v) is 7.70. The first kappa shape index (κ1) is 23.2. The molecular formula is C27H32N2O3. The van der Waals surface area contributed by atoms with E-state index in [2.05, 4.69) is 41.8 Å². The molecule has 0 saturated carbocycles. The van der Waals surface area contributed by atoms with E-state index in [0.29, 0.717) is 12.3 Å². The van der Waals surface area contributed by atoms with Gasteiger partial charge in [-0.15, -0.1) is 0 Å². The van der Waals surface area contributed by atoms with Crippen molar-refractivity contribution in [3.63, 3.8) is 0 Å². The lowest BCUT2D eigenvalue weighted by Crippen LogP contribution is -2.22. The van der Waals surface area contributed by atoms with Crippen LogP contribution in [0.15, 0.2) is 78.9 Å². The third kappa shape index (κ3) is 7.65. The first-order valence-corrected chi connectivity index (χ1v) is 11.2. The molecule has 0 bridgehead atoms. The lowest BCUT2D eigenvalue weighted by Gasteiger charge is -2.15. The molecule has 0 radical (unpaired) electrons. The summed E-state index contributed by atoms with van der Waals surface area (Å²) in [5.74, 6) is 1.36. The van der Waals surface area contributed by atoms with Crippen LogP contribution >= 0.6 is 0 Å². The number of benzene rings is 3. The molecule has 168 valence electrons. The van der Waals surface area contributed by atoms with Gasteiger partial charge in [-0.2, -0.15) is 0 Å². The van der Waals surface area contributed by atoms with E-state index in [0.717, 1.165) is 36.4 Å². The van der Waals surface area contributed by atoms with E-state index in [1.165, 1.54) is 5.56 Å². The fourth-order valence-electron chi connectivity index (χ4n) is 3.19. The average Bonchev–Trinajstić information content (AvgIpc) is 2.82. The Hall–Kier alpha value is -3.47. The number of rotatable bonds is 12. The average molecular weight is 433 g/mol. The minimum absolute atomic E-state index is 0.131. The van der Waals surface area contributed by atoms with E-state index in [4.69, 9.17) is 9.47 Å². The predicted molar refractivity (Wildman–Crippen MR) is 131 cm³/mol. The normalized spacial score (nSPS) is 11.4. The van der Waals surface area contributed by atoms with Gasteiger partial charge in [-0.05, 0) is 56.0 Å². The topological polar surface area (TPSA) is 59.6 Å². The number of para-hydroxylation sites is 2. The molecule has 0 heterocycles. The number of aryl methyl sites for hydroxylation is 1. The van der Waals surface area contributed by atoms with Crippen molar-refractivity contribution in [2.24, 2.45) is 0 Å². The number of ether oxygens (including phenoxy) is 2. The van der Waals surface area contributed by atoms with Gasteiger partial charge in [0.05, 0.1) is 24.9 Å². The Kier molecular flexibility index (Phi) is 8.99. The summed E-state index contributed by atoms with van der Waals surface area (Å²) in [6, 6.07) is 25.5. The van der Waals surface area contributed by atoms with Crippen molar-refractivity contribution in [1.29, 1.82) is 0 Å². The van der Waals surface area contributed by atoms with Crippen LogP contribution < -0.4 is 20.1 Å². The fraction of sp³-hybridized carbons (Fsp3) is 0.296. The molecule has 5 heteroatoms. The van der Waals surface area contributed by atoms with Gasteiger partial charge < -0.3 is 20.1 Å². The van der Waals surface area contributed by atoms with Gasteiger partial charge in [0.2, 0.25) is 5.91 Å². The van der Waals surface area contributed by atoms with Crippen molar-refractivity contribution in [3.05, 3.63) is 84.4 Å². The number of anilines is 2. The van der Waals surface area contributed by atoms with Crippen LogP contribution in [-0.4, -0.2) is 25.2 Å². The Morgan fingerprint density at radius 3 is 2.56 bits per heavy atom. The minimum Gasteiger partial charge on any atom is -0.491 e. The van der Waals surface area contributed by atoms with E-state index in [1.54, 1.807) is 0 Å². The summed E-state index contributed by atoms with van der Waals surface area (Å²) < 4.78 is 11.8. The van der Waals surface area contributed by atoms with E-state index in [-0.39, 0.29) is 18.6 Å². The van der Waals surface area contributed by atoms with Crippen LogP contribution in [0, 0.1) is 0 Å². The second kappa shape index (κ2) is 12.4. The molecule has 0 fully saturated rings. The van der Waals surface area contributed by atoms with E-state index in [9.17, 15) is 4.79 Å². The summed E-state index contributed by atoms with van der Waals surface area (Å²) in [5, 5.41) is 6.09. The number of hydrogen-bond donors (Lipinski definition) is 2. The zero-order valence-electron chi connectivity index (χ0n) is 18.8. The van der Waals surface area contributed by atoms with Crippen molar-refractivity contribution in [1.82, 2.24) is 0 Å². The molecule has 1 amide bonds. The van der Waals surface area contributed by atoms with Crippen LogP contribution in [-0.2, 0) is 11.2 Å². The van der Waals surface area contributed by atoms with Crippen molar-refractivity contribution >= 4 is 17.3 Å². The Bertz CT molecular complexity index is 975. The Balaban J connectivity index is 1.47. The van der Waals surface area contributed by atoms with Gasteiger partial charge in [0.15, 0.2) is 0 Å². The highest BCUT2D eigenvalue weighted by atomic mass is 16.5. The second-order valence-electron chi connectivity index (χ2n) is 7.70. The molecule has 3 aromatic rings. The van der Waals surface area contributed by atoms with E-state index in [1.807, 2.05) is 61.5 Å². The maximum atomic E-state index is 12.4. The summed E-state index contributed by atoms with van der Waals surface area (Å²) in [4.78, 5) is 12.4. The molecule has 2 N–H and O–H groups in total. The van der Waals surface area contributed by atoms with Gasteiger partial charge in [0.1, 0.15) is 11.5 Å². The molecule has 1 atom stereocenters. The van der Waals surface area contributed by atoms with Gasteiger partial charge in [-0.1, -0.05) is 55.5 Å². The lowest BCUT2D eigenvalue weighted by molar-refractivity contribution is -0.114. The summed E-state index contributed by atoms with van der Waals surface area (Å²) in [5.41, 5.74) is 2.82. The SMILES string of the molecule is CCC(C)Oc1cccc(NC(=O)CNc2ccccc2OCCCc2ccccc2)c1. The maximum absolute atomic E-state index is 12.4. The molecular weight excluding hydrogens is 400 g/mol. The predicted octanol–water partition coefficient (Wildman–Crippen LogP) is 5.93. The zero-order valence-corrected chi connectivity index (χ0v) is 18.8. The number of hydrogen-bond acceptors (Lipinski definition) is 4. The van der Waals surface area contributed by atoms with Crippen LogP contribution in [0.2, 0.25) is 0 Å². The summed E-state index contributed by atoms with van der Waals surface area (Å²) in [6.07, 6.45) is 2.95. The largest absolute Gasteiger partial charge is 0.491 e. The highest BCUT2D eigenvalue weighted by Crippen LogP contribution is 2.24. The first-order valence-electron chi connectivity index (χ1n) is 11.2. The molecule has 0 aliphatic carbocycles. The maximum Gasteiger partial charge on any atom is 0.243 e. The summed E-state index contributed by atoms with van der Waals surface area (Å²) in [7, 11) is 0. The Labute approximate surface area is 190 Å². The number of carbonyl (C=O) groups is 1. The van der Waals surface area contributed by atoms with E-state index >= 15 is 0 Å². The summed E-state index contributed by atoms with van der Waals surface area (Å²) in [6.45, 7) is 4.85. The molecule has 0 aliphatic heterocycles. The molecule has 5 nitrogen and oxygen atoms in total. The molecule has 32 heavy (non-hydrogen) atoms. The quantitative estimate of drug-likeness (QED) is 0.349. The monoisotopic (exact) mass is 432 g/mol. The number of amides is 1. The number of carbonyl (C=O) groups excluding carboxylic acids is 1. The van der Waals surface area contributed by atoms with Crippen molar-refractivity contribution < 1.29 is 14.3 Å². The van der Waals surface area contributed by atoms with Gasteiger partial charge in [0, 0.05) is 11.8 Å². The van der Waals surface area contributed by atoms with E-state index < -0.39 is 0 Å². The first-order chi connectivity index (χ1) is 15.6. The van der Waals surface area contributed by atoms with Gasteiger partial charge in [0.25, 0.3) is 0 Å². The minimum atomic E-state index is -0.135. The third-order valence-electron chi connectivity index (χ3n) is 5.07. The van der Waals surface area contributed by atoms with Crippen LogP contribution in [0.5, 0.6) is 11.5 Å². The van der Waals surface area contributed by atoms with Crippen molar-refractivity contribution in [2.75, 3.05) is 23.8 Å². The molecule has 3 aromatic carbocycles. The molecule has 1 unspecified atom stereocenters. The standard InChI is InChI=1S/C27H32N2O3/c1-3-21(2)32-24-15-9-14-23(19-24)29-27(30)20-28-25-16-7-8-17-26(25)31-18-10-13-22-11-5-4-6-12-22/h4-9,11-12,14-17,19,21,28H,3,10,13,18,20H2,1-2H3,(H,29,30). The van der Waals surface area contributed by atoms with Crippen LogP contribution in [0.3, 0.4) is 0 Å². The van der Waals surface area contributed by atoms with Gasteiger partial charge >= 0.3 is 0 Å². The fourth-order valence-corrected chi connectivity index (χ4v) is 3.19.